The lowest BCUT2D eigenvalue weighted by Gasteiger charge is -2.12. The van der Waals surface area contributed by atoms with Crippen molar-refractivity contribution >= 4 is 22.3 Å². The second-order valence-corrected chi connectivity index (χ2v) is 4.78. The molecule has 0 bridgehead atoms. The molecule has 0 aliphatic rings. The summed E-state index contributed by atoms with van der Waals surface area (Å²) in [5.41, 5.74) is 0.500. The van der Waals surface area contributed by atoms with Gasteiger partial charge >= 0.3 is 0 Å². The molecule has 104 valence electrons. The Morgan fingerprint density at radius 1 is 1.10 bits per heavy atom. The minimum Gasteiger partial charge on any atom is -0.508 e. The van der Waals surface area contributed by atoms with Crippen molar-refractivity contribution in [1.82, 2.24) is 0 Å². The quantitative estimate of drug-likeness (QED) is 0.590. The van der Waals surface area contributed by atoms with Gasteiger partial charge in [-0.1, -0.05) is 6.07 Å². The highest BCUT2D eigenvalue weighted by Gasteiger charge is 2.20. The Bertz CT molecular complexity index is 731. The standard InChI is InChI=1S/C15H14O5/c1-7-3-9-5-10(17)6-12(19)14(9)15(20)13(7)11(18)4-8(2)16/h3,5-6,17,19-20H,4H2,1-2H3. The van der Waals surface area contributed by atoms with Crippen LogP contribution < -0.4 is 0 Å². The molecule has 2 rings (SSSR count). The van der Waals surface area contributed by atoms with Crippen molar-refractivity contribution in [3.8, 4) is 17.2 Å². The van der Waals surface area contributed by atoms with Crippen LogP contribution in [-0.4, -0.2) is 26.9 Å². The number of hydrogen-bond acceptors (Lipinski definition) is 5. The second kappa shape index (κ2) is 4.85. The highest BCUT2D eigenvalue weighted by atomic mass is 16.3. The van der Waals surface area contributed by atoms with E-state index in [2.05, 4.69) is 0 Å². The number of Topliss-reactive ketones (excluding diaryl/α,β-unsaturated/α-hetero) is 2. The zero-order valence-electron chi connectivity index (χ0n) is 11.1. The fraction of sp³-hybridized carbons (Fsp3) is 0.200. The fourth-order valence-corrected chi connectivity index (χ4v) is 2.29. The molecular formula is C15H14O5. The Morgan fingerprint density at radius 2 is 1.75 bits per heavy atom. The van der Waals surface area contributed by atoms with Gasteiger partial charge < -0.3 is 15.3 Å². The van der Waals surface area contributed by atoms with Crippen molar-refractivity contribution in [2.24, 2.45) is 0 Å². The van der Waals surface area contributed by atoms with Gasteiger partial charge in [0.1, 0.15) is 23.0 Å². The molecule has 20 heavy (non-hydrogen) atoms. The van der Waals surface area contributed by atoms with E-state index in [1.807, 2.05) is 0 Å². The molecule has 5 nitrogen and oxygen atoms in total. The minimum atomic E-state index is -0.498. The summed E-state index contributed by atoms with van der Waals surface area (Å²) in [6.45, 7) is 2.91. The normalized spacial score (nSPS) is 10.7. The molecule has 0 fully saturated rings. The molecule has 0 atom stereocenters. The predicted molar refractivity (Wildman–Crippen MR) is 73.3 cm³/mol. The number of fused-ring (bicyclic) bond motifs is 1. The van der Waals surface area contributed by atoms with Gasteiger partial charge in [-0.3, -0.25) is 9.59 Å². The van der Waals surface area contributed by atoms with Crippen LogP contribution in [0.1, 0.15) is 29.3 Å². The zero-order chi connectivity index (χ0) is 15.0. The maximum absolute atomic E-state index is 12.0. The summed E-state index contributed by atoms with van der Waals surface area (Å²) in [5.74, 6) is -1.64. The maximum atomic E-state index is 12.0. The molecule has 2 aromatic carbocycles. The number of phenols is 3. The third-order valence-electron chi connectivity index (χ3n) is 3.06. The van der Waals surface area contributed by atoms with Gasteiger partial charge in [0, 0.05) is 6.07 Å². The third kappa shape index (κ3) is 2.30. The van der Waals surface area contributed by atoms with Crippen LogP contribution in [0.25, 0.3) is 10.8 Å². The van der Waals surface area contributed by atoms with E-state index < -0.39 is 5.78 Å². The number of carbonyl (C=O) groups is 2. The molecule has 0 saturated carbocycles. The molecule has 0 heterocycles. The molecule has 0 radical (unpaired) electrons. The SMILES string of the molecule is CC(=O)CC(=O)c1c(C)cc2cc(O)cc(O)c2c1O. The highest BCUT2D eigenvalue weighted by Crippen LogP contribution is 2.40. The molecule has 0 aliphatic carbocycles. The summed E-state index contributed by atoms with van der Waals surface area (Å²) < 4.78 is 0. The first-order valence-corrected chi connectivity index (χ1v) is 6.02. The lowest BCUT2D eigenvalue weighted by atomic mass is 9.95. The monoisotopic (exact) mass is 274 g/mol. The van der Waals surface area contributed by atoms with Crippen LogP contribution >= 0.6 is 0 Å². The molecule has 3 N–H and O–H groups in total. The van der Waals surface area contributed by atoms with Gasteiger partial charge in [0.2, 0.25) is 0 Å². The van der Waals surface area contributed by atoms with Crippen LogP contribution in [0.15, 0.2) is 18.2 Å². The van der Waals surface area contributed by atoms with Crippen molar-refractivity contribution in [1.29, 1.82) is 0 Å². The number of aromatic hydroxyl groups is 3. The van der Waals surface area contributed by atoms with E-state index in [1.165, 1.54) is 13.0 Å². The van der Waals surface area contributed by atoms with Crippen molar-refractivity contribution in [3.63, 3.8) is 0 Å². The largest absolute Gasteiger partial charge is 0.508 e. The van der Waals surface area contributed by atoms with Crippen LogP contribution in [0.2, 0.25) is 0 Å². The van der Waals surface area contributed by atoms with E-state index in [1.54, 1.807) is 13.0 Å². The Morgan fingerprint density at radius 3 is 2.35 bits per heavy atom. The van der Waals surface area contributed by atoms with Gasteiger partial charge in [-0.25, -0.2) is 0 Å². The summed E-state index contributed by atoms with van der Waals surface area (Å²) in [7, 11) is 0. The van der Waals surface area contributed by atoms with Gasteiger partial charge in [0.15, 0.2) is 5.78 Å². The van der Waals surface area contributed by atoms with Crippen molar-refractivity contribution in [2.75, 3.05) is 0 Å². The lowest BCUT2D eigenvalue weighted by molar-refractivity contribution is -0.116. The Kier molecular flexibility index (Phi) is 3.36. The summed E-state index contributed by atoms with van der Waals surface area (Å²) in [4.78, 5) is 23.0. The fourth-order valence-electron chi connectivity index (χ4n) is 2.29. The number of ketones is 2. The Hall–Kier alpha value is -2.56. The molecule has 2 aromatic rings. The number of hydrogen-bond donors (Lipinski definition) is 3. The van der Waals surface area contributed by atoms with Crippen LogP contribution in [-0.2, 0) is 4.79 Å². The molecule has 0 saturated heterocycles. The number of aryl methyl sites for hydroxylation is 1. The number of carbonyl (C=O) groups excluding carboxylic acids is 2. The lowest BCUT2D eigenvalue weighted by Crippen LogP contribution is -2.07. The van der Waals surface area contributed by atoms with E-state index in [9.17, 15) is 24.9 Å². The van der Waals surface area contributed by atoms with Gasteiger partial charge in [-0.05, 0) is 30.9 Å². The number of phenolic OH excluding ortho intramolecular Hbond substituents is 3. The molecule has 0 aromatic heterocycles. The number of rotatable bonds is 3. The van der Waals surface area contributed by atoms with E-state index in [0.29, 0.717) is 10.9 Å². The second-order valence-electron chi connectivity index (χ2n) is 4.78. The van der Waals surface area contributed by atoms with E-state index in [4.69, 9.17) is 0 Å². The Balaban J connectivity index is 2.75. The van der Waals surface area contributed by atoms with Crippen molar-refractivity contribution in [2.45, 2.75) is 20.3 Å². The summed E-state index contributed by atoms with van der Waals surface area (Å²) in [6, 6.07) is 4.03. The number of benzene rings is 2. The van der Waals surface area contributed by atoms with Gasteiger partial charge in [0.25, 0.3) is 0 Å². The highest BCUT2D eigenvalue weighted by molar-refractivity contribution is 6.13. The van der Waals surface area contributed by atoms with E-state index in [-0.39, 0.29) is 40.4 Å². The first kappa shape index (κ1) is 13.9. The van der Waals surface area contributed by atoms with Gasteiger partial charge in [-0.2, -0.15) is 0 Å². The molecule has 5 heteroatoms. The van der Waals surface area contributed by atoms with Crippen molar-refractivity contribution in [3.05, 3.63) is 29.3 Å². The van der Waals surface area contributed by atoms with Crippen LogP contribution in [0.4, 0.5) is 0 Å². The summed E-state index contributed by atoms with van der Waals surface area (Å²) in [5, 5.41) is 30.0. The van der Waals surface area contributed by atoms with Crippen LogP contribution in [0, 0.1) is 6.92 Å². The molecule has 0 spiro atoms. The molecule has 0 aliphatic heterocycles. The predicted octanol–water partition coefficient (Wildman–Crippen LogP) is 2.43. The van der Waals surface area contributed by atoms with Gasteiger partial charge in [0.05, 0.1) is 17.4 Å². The smallest absolute Gasteiger partial charge is 0.174 e. The first-order valence-electron chi connectivity index (χ1n) is 6.02. The summed E-state index contributed by atoms with van der Waals surface area (Å²) >= 11 is 0. The van der Waals surface area contributed by atoms with Crippen LogP contribution in [0.3, 0.4) is 0 Å². The topological polar surface area (TPSA) is 94.8 Å². The van der Waals surface area contributed by atoms with E-state index >= 15 is 0 Å². The average molecular weight is 274 g/mol. The van der Waals surface area contributed by atoms with Crippen molar-refractivity contribution < 1.29 is 24.9 Å². The minimum absolute atomic E-state index is 0.0219. The molecular weight excluding hydrogens is 260 g/mol. The van der Waals surface area contributed by atoms with Gasteiger partial charge in [-0.15, -0.1) is 0 Å². The zero-order valence-corrected chi connectivity index (χ0v) is 11.1. The summed E-state index contributed by atoms with van der Waals surface area (Å²) in [6.07, 6.45) is -0.307. The van der Waals surface area contributed by atoms with E-state index in [0.717, 1.165) is 6.07 Å². The maximum Gasteiger partial charge on any atom is 0.174 e. The Labute approximate surface area is 115 Å². The third-order valence-corrected chi connectivity index (χ3v) is 3.06. The van der Waals surface area contributed by atoms with Crippen LogP contribution in [0.5, 0.6) is 17.2 Å². The average Bonchev–Trinajstić information content (AvgIpc) is 2.25. The molecule has 0 unspecified atom stereocenters. The first-order chi connectivity index (χ1) is 9.31. The molecule has 0 amide bonds.